The largest absolute Gasteiger partial charge is 0.417 e. The van der Waals surface area contributed by atoms with Crippen molar-refractivity contribution in [2.75, 3.05) is 0 Å². The van der Waals surface area contributed by atoms with Crippen LogP contribution in [0.15, 0.2) is 51.7 Å². The van der Waals surface area contributed by atoms with E-state index in [0.717, 1.165) is 24.0 Å². The van der Waals surface area contributed by atoms with E-state index in [0.29, 0.717) is 15.6 Å². The Balaban J connectivity index is 2.11. The minimum Gasteiger partial charge on any atom is -0.409 e. The highest BCUT2D eigenvalue weighted by Crippen LogP contribution is 2.31. The number of hydrogen-bond acceptors (Lipinski definition) is 5. The van der Waals surface area contributed by atoms with Gasteiger partial charge in [0.15, 0.2) is 5.84 Å². The van der Waals surface area contributed by atoms with Gasteiger partial charge in [-0.05, 0) is 24.3 Å². The van der Waals surface area contributed by atoms with E-state index in [-0.39, 0.29) is 5.84 Å². The van der Waals surface area contributed by atoms with Crippen LogP contribution in [0, 0.1) is 0 Å². The molecule has 0 aliphatic rings. The van der Waals surface area contributed by atoms with Gasteiger partial charge in [-0.1, -0.05) is 16.9 Å². The minimum atomic E-state index is -4.40. The van der Waals surface area contributed by atoms with Crippen molar-refractivity contribution in [3.8, 4) is 0 Å². The summed E-state index contributed by atoms with van der Waals surface area (Å²) in [7, 11) is 0. The molecular formula is C12H9F3N4OS. The maximum atomic E-state index is 12.4. The molecule has 2 rings (SSSR count). The Morgan fingerprint density at radius 1 is 1.14 bits per heavy atom. The number of nitrogens with zero attached hydrogens (tertiary/aromatic N) is 3. The lowest BCUT2D eigenvalue weighted by atomic mass is 10.3. The normalized spacial score (nSPS) is 12.4. The Morgan fingerprint density at radius 3 is 2.38 bits per heavy atom. The van der Waals surface area contributed by atoms with E-state index in [1.807, 2.05) is 0 Å². The summed E-state index contributed by atoms with van der Waals surface area (Å²) >= 11 is 1.15. The molecule has 2 aromatic heterocycles. The molecule has 0 aromatic carbocycles. The highest BCUT2D eigenvalue weighted by atomic mass is 32.2. The third-order valence-electron chi connectivity index (χ3n) is 2.39. The average molecular weight is 314 g/mol. The fourth-order valence-corrected chi connectivity index (χ4v) is 2.10. The number of rotatable bonds is 3. The molecule has 2 aromatic rings. The van der Waals surface area contributed by atoms with Gasteiger partial charge in [0.25, 0.3) is 0 Å². The van der Waals surface area contributed by atoms with Gasteiger partial charge in [0.2, 0.25) is 0 Å². The average Bonchev–Trinajstić information content (AvgIpc) is 2.47. The van der Waals surface area contributed by atoms with Crippen molar-refractivity contribution in [2.24, 2.45) is 10.9 Å². The number of hydrogen-bond donors (Lipinski definition) is 2. The highest BCUT2D eigenvalue weighted by Gasteiger charge is 2.30. The molecule has 3 N–H and O–H groups in total. The first-order valence-electron chi connectivity index (χ1n) is 5.55. The van der Waals surface area contributed by atoms with Crippen LogP contribution in [0.1, 0.15) is 11.3 Å². The quantitative estimate of drug-likeness (QED) is 0.394. The van der Waals surface area contributed by atoms with Crippen LogP contribution in [0.5, 0.6) is 0 Å². The third kappa shape index (κ3) is 3.85. The highest BCUT2D eigenvalue weighted by molar-refractivity contribution is 7.99. The smallest absolute Gasteiger partial charge is 0.409 e. The van der Waals surface area contributed by atoms with Crippen LogP contribution in [-0.2, 0) is 6.18 Å². The molecule has 0 fully saturated rings. The number of pyridine rings is 2. The first kappa shape index (κ1) is 15.1. The van der Waals surface area contributed by atoms with Crippen LogP contribution in [0.25, 0.3) is 0 Å². The molecular weight excluding hydrogens is 305 g/mol. The van der Waals surface area contributed by atoms with Crippen LogP contribution in [0.4, 0.5) is 13.2 Å². The Morgan fingerprint density at radius 2 is 1.90 bits per heavy atom. The first-order valence-corrected chi connectivity index (χ1v) is 6.37. The van der Waals surface area contributed by atoms with Gasteiger partial charge in [-0.3, -0.25) is 4.98 Å². The molecule has 0 radical (unpaired) electrons. The molecule has 21 heavy (non-hydrogen) atoms. The maximum Gasteiger partial charge on any atom is 0.417 e. The summed E-state index contributed by atoms with van der Waals surface area (Å²) in [6.07, 6.45) is -2.17. The fraction of sp³-hybridized carbons (Fsp3) is 0.0833. The van der Waals surface area contributed by atoms with Gasteiger partial charge in [-0.15, -0.1) is 0 Å². The third-order valence-corrected chi connectivity index (χ3v) is 3.32. The van der Waals surface area contributed by atoms with Gasteiger partial charge in [0, 0.05) is 17.3 Å². The lowest BCUT2D eigenvalue weighted by Crippen LogP contribution is -2.14. The molecule has 0 unspecified atom stereocenters. The van der Waals surface area contributed by atoms with Crippen LogP contribution in [-0.4, -0.2) is 21.0 Å². The summed E-state index contributed by atoms with van der Waals surface area (Å²) in [6.45, 7) is 0. The van der Waals surface area contributed by atoms with Crippen molar-refractivity contribution in [1.82, 2.24) is 9.97 Å². The van der Waals surface area contributed by atoms with E-state index in [1.54, 1.807) is 6.07 Å². The Labute approximate surface area is 121 Å². The predicted molar refractivity (Wildman–Crippen MR) is 70.1 cm³/mol. The van der Waals surface area contributed by atoms with E-state index < -0.39 is 11.7 Å². The van der Waals surface area contributed by atoms with E-state index in [1.165, 1.54) is 18.3 Å². The van der Waals surface area contributed by atoms with Gasteiger partial charge in [-0.25, -0.2) is 4.98 Å². The number of oxime groups is 1. The molecule has 5 nitrogen and oxygen atoms in total. The van der Waals surface area contributed by atoms with E-state index in [4.69, 9.17) is 10.9 Å². The second kappa shape index (κ2) is 6.00. The number of amidine groups is 1. The zero-order valence-electron chi connectivity index (χ0n) is 10.4. The molecule has 2 heterocycles. The molecule has 0 saturated heterocycles. The second-order valence-electron chi connectivity index (χ2n) is 3.85. The van der Waals surface area contributed by atoms with E-state index >= 15 is 0 Å². The summed E-state index contributed by atoms with van der Waals surface area (Å²) < 4.78 is 37.2. The number of halogens is 3. The van der Waals surface area contributed by atoms with Gasteiger partial charge < -0.3 is 10.9 Å². The van der Waals surface area contributed by atoms with Gasteiger partial charge in [0.1, 0.15) is 10.7 Å². The van der Waals surface area contributed by atoms with Crippen molar-refractivity contribution >= 4 is 17.6 Å². The van der Waals surface area contributed by atoms with Gasteiger partial charge >= 0.3 is 6.18 Å². The summed E-state index contributed by atoms with van der Waals surface area (Å²) in [4.78, 5) is 8.36. The fourth-order valence-electron chi connectivity index (χ4n) is 1.37. The maximum absolute atomic E-state index is 12.4. The standard InChI is InChI=1S/C12H9F3N4OS/c13-12(14,15)7-1-4-10(18-5-7)21-8-2-3-9(17-6-8)11(16)19-20/h1-6,20H,(H2,16,19). The van der Waals surface area contributed by atoms with Crippen LogP contribution in [0.3, 0.4) is 0 Å². The molecule has 0 atom stereocenters. The van der Waals surface area contributed by atoms with Crippen molar-refractivity contribution in [3.63, 3.8) is 0 Å². The van der Waals surface area contributed by atoms with Crippen molar-refractivity contribution in [3.05, 3.63) is 47.9 Å². The van der Waals surface area contributed by atoms with Crippen LogP contribution in [0.2, 0.25) is 0 Å². The minimum absolute atomic E-state index is 0.126. The SMILES string of the molecule is N/C(=N/O)c1ccc(Sc2ccc(C(F)(F)F)cn2)cn1. The molecule has 0 bridgehead atoms. The number of nitrogens with two attached hydrogens (primary N) is 1. The molecule has 0 saturated carbocycles. The Bertz CT molecular complexity index is 641. The lowest BCUT2D eigenvalue weighted by molar-refractivity contribution is -0.137. The van der Waals surface area contributed by atoms with Crippen LogP contribution < -0.4 is 5.73 Å². The van der Waals surface area contributed by atoms with Gasteiger partial charge in [-0.2, -0.15) is 13.2 Å². The first-order chi connectivity index (χ1) is 9.90. The molecule has 110 valence electrons. The zero-order valence-corrected chi connectivity index (χ0v) is 11.2. The van der Waals surface area contributed by atoms with Gasteiger partial charge in [0.05, 0.1) is 5.56 Å². The molecule has 0 aliphatic carbocycles. The zero-order chi connectivity index (χ0) is 15.5. The Kier molecular flexibility index (Phi) is 4.32. The summed E-state index contributed by atoms with van der Waals surface area (Å²) in [6, 6.07) is 5.42. The van der Waals surface area contributed by atoms with E-state index in [2.05, 4.69) is 15.1 Å². The van der Waals surface area contributed by atoms with Crippen molar-refractivity contribution in [2.45, 2.75) is 16.1 Å². The van der Waals surface area contributed by atoms with E-state index in [9.17, 15) is 13.2 Å². The van der Waals surface area contributed by atoms with Crippen molar-refractivity contribution < 1.29 is 18.4 Å². The lowest BCUT2D eigenvalue weighted by Gasteiger charge is -2.06. The Hall–Kier alpha value is -2.29. The summed E-state index contributed by atoms with van der Waals surface area (Å²) in [5, 5.41) is 11.7. The summed E-state index contributed by atoms with van der Waals surface area (Å²) in [5.41, 5.74) is 4.86. The molecule has 0 amide bonds. The number of alkyl halides is 3. The van der Waals surface area contributed by atoms with Crippen LogP contribution >= 0.6 is 11.8 Å². The summed E-state index contributed by atoms with van der Waals surface area (Å²) in [5.74, 6) is -0.126. The second-order valence-corrected chi connectivity index (χ2v) is 4.94. The molecule has 0 spiro atoms. The molecule has 9 heteroatoms. The topological polar surface area (TPSA) is 84.4 Å². The molecule has 0 aliphatic heterocycles. The van der Waals surface area contributed by atoms with Crippen molar-refractivity contribution in [1.29, 1.82) is 0 Å². The predicted octanol–water partition coefficient (Wildman–Crippen LogP) is 2.74. The monoisotopic (exact) mass is 314 g/mol. The number of aromatic nitrogens is 2.